The number of carbonyl (C=O) groups is 2. The third kappa shape index (κ3) is 4.95. The van der Waals surface area contributed by atoms with Gasteiger partial charge in [0.15, 0.2) is 6.61 Å². The van der Waals surface area contributed by atoms with E-state index in [0.29, 0.717) is 12.8 Å². The number of halogens is 3. The molecule has 1 fully saturated rings. The Labute approximate surface area is 142 Å². The summed E-state index contributed by atoms with van der Waals surface area (Å²) in [6.45, 7) is -0.594. The van der Waals surface area contributed by atoms with E-state index in [-0.39, 0.29) is 5.56 Å². The second-order valence-corrected chi connectivity index (χ2v) is 5.95. The molecule has 0 aliphatic heterocycles. The van der Waals surface area contributed by atoms with Crippen molar-refractivity contribution in [3.8, 4) is 6.07 Å². The molecule has 0 atom stereocenters. The molecule has 1 aliphatic carbocycles. The maximum absolute atomic E-state index is 12.5. The standard InChI is InChI=1S/C17H17F3N2O3/c18-17(19,20)13-6-4-12(5-7-13)15(24)25-10-14(23)22-16(11-21)8-2-1-3-9-16/h4-7H,1-3,8-10H2,(H,22,23). The maximum Gasteiger partial charge on any atom is 0.416 e. The average molecular weight is 354 g/mol. The van der Waals surface area contributed by atoms with Crippen molar-refractivity contribution in [3.05, 3.63) is 35.4 Å². The zero-order valence-electron chi connectivity index (χ0n) is 13.4. The molecule has 25 heavy (non-hydrogen) atoms. The number of nitrogens with zero attached hydrogens (tertiary/aromatic N) is 1. The van der Waals surface area contributed by atoms with Crippen molar-refractivity contribution < 1.29 is 27.5 Å². The highest BCUT2D eigenvalue weighted by Gasteiger charge is 2.34. The van der Waals surface area contributed by atoms with Crippen molar-refractivity contribution in [2.45, 2.75) is 43.8 Å². The number of benzene rings is 1. The van der Waals surface area contributed by atoms with E-state index in [2.05, 4.69) is 11.4 Å². The molecule has 8 heteroatoms. The van der Waals surface area contributed by atoms with Gasteiger partial charge in [-0.25, -0.2) is 4.79 Å². The van der Waals surface area contributed by atoms with Crippen molar-refractivity contribution in [2.24, 2.45) is 0 Å². The molecule has 0 aromatic heterocycles. The molecule has 1 amide bonds. The number of alkyl halides is 3. The van der Waals surface area contributed by atoms with Crippen molar-refractivity contribution in [1.82, 2.24) is 5.32 Å². The van der Waals surface area contributed by atoms with Crippen LogP contribution in [-0.2, 0) is 15.7 Å². The molecule has 1 saturated carbocycles. The molecule has 0 spiro atoms. The van der Waals surface area contributed by atoms with Crippen LogP contribution in [0, 0.1) is 11.3 Å². The number of rotatable bonds is 4. The maximum atomic E-state index is 12.5. The fourth-order valence-corrected chi connectivity index (χ4v) is 2.73. The molecule has 1 aromatic carbocycles. The lowest BCUT2D eigenvalue weighted by molar-refractivity contribution is -0.137. The average Bonchev–Trinajstić information content (AvgIpc) is 2.60. The van der Waals surface area contributed by atoms with Crippen LogP contribution in [0.15, 0.2) is 24.3 Å². The van der Waals surface area contributed by atoms with Gasteiger partial charge in [0.1, 0.15) is 5.54 Å². The fourth-order valence-electron chi connectivity index (χ4n) is 2.73. The Morgan fingerprint density at radius 1 is 1.16 bits per heavy atom. The minimum Gasteiger partial charge on any atom is -0.452 e. The van der Waals surface area contributed by atoms with Crippen LogP contribution in [0.2, 0.25) is 0 Å². The Bertz CT molecular complexity index is 672. The third-order valence-corrected chi connectivity index (χ3v) is 4.08. The summed E-state index contributed by atoms with van der Waals surface area (Å²) in [5, 5.41) is 11.9. The summed E-state index contributed by atoms with van der Waals surface area (Å²) in [7, 11) is 0. The molecule has 0 unspecified atom stereocenters. The Morgan fingerprint density at radius 2 is 1.76 bits per heavy atom. The molecular formula is C17H17F3N2O3. The van der Waals surface area contributed by atoms with E-state index in [0.717, 1.165) is 43.5 Å². The predicted octanol–water partition coefficient (Wildman–Crippen LogP) is 3.20. The molecule has 1 aromatic rings. The highest BCUT2D eigenvalue weighted by molar-refractivity contribution is 5.91. The van der Waals surface area contributed by atoms with Crippen LogP contribution in [0.5, 0.6) is 0 Å². The van der Waals surface area contributed by atoms with Crippen LogP contribution in [0.4, 0.5) is 13.2 Å². The van der Waals surface area contributed by atoms with Gasteiger partial charge < -0.3 is 10.1 Å². The molecule has 0 radical (unpaired) electrons. The Hall–Kier alpha value is -2.56. The van der Waals surface area contributed by atoms with E-state index in [9.17, 15) is 28.0 Å². The van der Waals surface area contributed by atoms with E-state index >= 15 is 0 Å². The topological polar surface area (TPSA) is 79.2 Å². The van der Waals surface area contributed by atoms with Crippen molar-refractivity contribution in [2.75, 3.05) is 6.61 Å². The molecule has 0 bridgehead atoms. The van der Waals surface area contributed by atoms with Gasteiger partial charge in [0, 0.05) is 0 Å². The molecule has 134 valence electrons. The second-order valence-electron chi connectivity index (χ2n) is 5.95. The Morgan fingerprint density at radius 3 is 2.28 bits per heavy atom. The molecule has 1 N–H and O–H groups in total. The van der Waals surface area contributed by atoms with Gasteiger partial charge in [-0.15, -0.1) is 0 Å². The number of ether oxygens (including phenoxy) is 1. The van der Waals surface area contributed by atoms with E-state index < -0.39 is 35.8 Å². The molecule has 0 heterocycles. The number of amides is 1. The van der Waals surface area contributed by atoms with Crippen molar-refractivity contribution >= 4 is 11.9 Å². The summed E-state index contributed by atoms with van der Waals surface area (Å²) in [6.07, 6.45) is -0.737. The van der Waals surface area contributed by atoms with Crippen molar-refractivity contribution in [1.29, 1.82) is 5.26 Å². The van der Waals surface area contributed by atoms with Crippen LogP contribution in [-0.4, -0.2) is 24.0 Å². The van der Waals surface area contributed by atoms with Crippen LogP contribution in [0.3, 0.4) is 0 Å². The van der Waals surface area contributed by atoms with Gasteiger partial charge in [-0.2, -0.15) is 18.4 Å². The summed E-state index contributed by atoms with van der Waals surface area (Å²) in [4.78, 5) is 23.7. The van der Waals surface area contributed by atoms with Gasteiger partial charge in [-0.1, -0.05) is 19.3 Å². The van der Waals surface area contributed by atoms with E-state index in [1.54, 1.807) is 0 Å². The number of nitriles is 1. The highest BCUT2D eigenvalue weighted by atomic mass is 19.4. The largest absolute Gasteiger partial charge is 0.452 e. The van der Waals surface area contributed by atoms with Crippen LogP contribution in [0.25, 0.3) is 0 Å². The fraction of sp³-hybridized carbons (Fsp3) is 0.471. The van der Waals surface area contributed by atoms with Crippen LogP contribution in [0.1, 0.15) is 48.0 Å². The van der Waals surface area contributed by atoms with Crippen LogP contribution >= 0.6 is 0 Å². The lowest BCUT2D eigenvalue weighted by Gasteiger charge is -2.31. The zero-order chi connectivity index (χ0) is 18.5. The first-order chi connectivity index (χ1) is 11.8. The number of nitrogens with one attached hydrogen (secondary N) is 1. The lowest BCUT2D eigenvalue weighted by atomic mass is 9.83. The smallest absolute Gasteiger partial charge is 0.416 e. The molecule has 2 rings (SSSR count). The lowest BCUT2D eigenvalue weighted by Crippen LogP contribution is -2.50. The summed E-state index contributed by atoms with van der Waals surface area (Å²) >= 11 is 0. The van der Waals surface area contributed by atoms with Gasteiger partial charge >= 0.3 is 12.1 Å². The summed E-state index contributed by atoms with van der Waals surface area (Å²) in [6, 6.07) is 5.62. The zero-order valence-corrected chi connectivity index (χ0v) is 13.4. The first-order valence-corrected chi connectivity index (χ1v) is 7.82. The van der Waals surface area contributed by atoms with Gasteiger partial charge in [0.25, 0.3) is 5.91 Å². The number of esters is 1. The molecule has 5 nitrogen and oxygen atoms in total. The quantitative estimate of drug-likeness (QED) is 0.842. The van der Waals surface area contributed by atoms with Crippen molar-refractivity contribution in [3.63, 3.8) is 0 Å². The van der Waals surface area contributed by atoms with Crippen LogP contribution < -0.4 is 5.32 Å². The SMILES string of the molecule is N#CC1(NC(=O)COC(=O)c2ccc(C(F)(F)F)cc2)CCCCC1. The summed E-state index contributed by atoms with van der Waals surface area (Å²) in [5.41, 5.74) is -1.90. The van der Waals surface area contributed by atoms with Gasteiger partial charge in [-0.05, 0) is 37.1 Å². The normalized spacial score (nSPS) is 16.6. The van der Waals surface area contributed by atoms with Gasteiger partial charge in [-0.3, -0.25) is 4.79 Å². The first-order valence-electron chi connectivity index (χ1n) is 7.82. The predicted molar refractivity (Wildman–Crippen MR) is 81.3 cm³/mol. The Balaban J connectivity index is 1.89. The summed E-state index contributed by atoms with van der Waals surface area (Å²) < 4.78 is 42.2. The van der Waals surface area contributed by atoms with Gasteiger partial charge in [0.05, 0.1) is 17.2 Å². The second kappa shape index (κ2) is 7.55. The molecule has 1 aliphatic rings. The number of carbonyl (C=O) groups excluding carboxylic acids is 2. The Kier molecular flexibility index (Phi) is 5.67. The van der Waals surface area contributed by atoms with E-state index in [1.165, 1.54) is 0 Å². The molecule has 0 saturated heterocycles. The summed E-state index contributed by atoms with van der Waals surface area (Å²) in [5.74, 6) is -1.51. The number of hydrogen-bond acceptors (Lipinski definition) is 4. The third-order valence-electron chi connectivity index (χ3n) is 4.08. The number of hydrogen-bond donors (Lipinski definition) is 1. The van der Waals surface area contributed by atoms with Gasteiger partial charge in [0.2, 0.25) is 0 Å². The highest BCUT2D eigenvalue weighted by Crippen LogP contribution is 2.29. The first kappa shape index (κ1) is 18.8. The minimum absolute atomic E-state index is 0.0894. The molecular weight excluding hydrogens is 337 g/mol. The monoisotopic (exact) mass is 354 g/mol. The minimum atomic E-state index is -4.49. The van der Waals surface area contributed by atoms with E-state index in [1.807, 2.05) is 0 Å². The van der Waals surface area contributed by atoms with E-state index in [4.69, 9.17) is 4.74 Å².